The van der Waals surface area contributed by atoms with Crippen LogP contribution in [0, 0.1) is 6.92 Å². The number of fused-ring (bicyclic) bond motifs is 1. The molecule has 1 fully saturated rings. The fraction of sp³-hybridized carbons (Fsp3) is 0.438. The van der Waals surface area contributed by atoms with E-state index in [1.165, 1.54) is 5.69 Å². The van der Waals surface area contributed by atoms with E-state index in [-0.39, 0.29) is 12.4 Å². The highest BCUT2D eigenvalue weighted by atomic mass is 79.9. The molecule has 2 aromatic rings. The number of aryl methyl sites for hydroxylation is 1. The Morgan fingerprint density at radius 1 is 1.32 bits per heavy atom. The first-order valence-corrected chi connectivity index (χ1v) is 8.18. The number of halogens is 2. The van der Waals surface area contributed by atoms with E-state index in [2.05, 4.69) is 37.2 Å². The zero-order valence-electron chi connectivity index (χ0n) is 12.9. The Morgan fingerprint density at radius 3 is 2.73 bits per heavy atom. The van der Waals surface area contributed by atoms with Crippen molar-refractivity contribution in [3.8, 4) is 5.75 Å². The van der Waals surface area contributed by atoms with Crippen molar-refractivity contribution in [3.05, 3.63) is 28.4 Å². The summed E-state index contributed by atoms with van der Waals surface area (Å²) >= 11 is 3.74. The first kappa shape index (κ1) is 17.3. The van der Waals surface area contributed by atoms with Crippen LogP contribution in [-0.4, -0.2) is 37.8 Å². The fourth-order valence-corrected chi connectivity index (χ4v) is 3.33. The normalized spacial score (nSPS) is 14.8. The molecule has 1 aliphatic heterocycles. The third kappa shape index (κ3) is 3.31. The molecule has 0 bridgehead atoms. The first-order chi connectivity index (χ1) is 10.2. The van der Waals surface area contributed by atoms with E-state index in [1.54, 1.807) is 0 Å². The summed E-state index contributed by atoms with van der Waals surface area (Å²) in [6.07, 6.45) is 0. The fourth-order valence-electron chi connectivity index (χ4n) is 2.78. The molecule has 22 heavy (non-hydrogen) atoms. The van der Waals surface area contributed by atoms with Gasteiger partial charge in [-0.15, -0.1) is 12.4 Å². The van der Waals surface area contributed by atoms with Crippen molar-refractivity contribution < 1.29 is 4.74 Å². The molecule has 2 heterocycles. The topological polar surface area (TPSA) is 37.4 Å². The zero-order valence-corrected chi connectivity index (χ0v) is 15.3. The number of piperazine rings is 1. The van der Waals surface area contributed by atoms with Gasteiger partial charge in [0.15, 0.2) is 0 Å². The van der Waals surface area contributed by atoms with Crippen molar-refractivity contribution in [2.24, 2.45) is 0 Å². The molecule has 0 amide bonds. The quantitative estimate of drug-likeness (QED) is 0.875. The van der Waals surface area contributed by atoms with E-state index in [9.17, 15) is 0 Å². The van der Waals surface area contributed by atoms with Crippen molar-refractivity contribution in [1.82, 2.24) is 10.3 Å². The summed E-state index contributed by atoms with van der Waals surface area (Å²) < 4.78 is 6.74. The molecular weight excluding hydrogens is 366 g/mol. The number of hydrogen-bond donors (Lipinski definition) is 1. The zero-order chi connectivity index (χ0) is 14.8. The lowest BCUT2D eigenvalue weighted by Crippen LogP contribution is -2.43. The Hall–Kier alpha value is -1.04. The lowest BCUT2D eigenvalue weighted by atomic mass is 10.1. The van der Waals surface area contributed by atoms with E-state index in [0.717, 1.165) is 53.0 Å². The summed E-state index contributed by atoms with van der Waals surface area (Å²) in [7, 11) is 0. The molecule has 3 rings (SSSR count). The number of pyridine rings is 1. The maximum absolute atomic E-state index is 5.65. The molecule has 0 atom stereocenters. The molecule has 1 saturated heterocycles. The van der Waals surface area contributed by atoms with E-state index in [0.29, 0.717) is 6.61 Å². The molecule has 4 nitrogen and oxygen atoms in total. The van der Waals surface area contributed by atoms with Crippen molar-refractivity contribution in [3.63, 3.8) is 0 Å². The highest BCUT2D eigenvalue weighted by Crippen LogP contribution is 2.37. The third-order valence-corrected chi connectivity index (χ3v) is 4.73. The average molecular weight is 387 g/mol. The van der Waals surface area contributed by atoms with Crippen LogP contribution in [0.4, 0.5) is 5.69 Å². The van der Waals surface area contributed by atoms with Crippen LogP contribution in [0.1, 0.15) is 12.6 Å². The summed E-state index contributed by atoms with van der Waals surface area (Å²) in [4.78, 5) is 7.11. The number of ether oxygens (including phenoxy) is 1. The van der Waals surface area contributed by atoms with Crippen LogP contribution in [0.2, 0.25) is 0 Å². The maximum atomic E-state index is 5.65. The molecule has 0 unspecified atom stereocenters. The molecular formula is C16H21BrClN3O. The van der Waals surface area contributed by atoms with Gasteiger partial charge in [0.1, 0.15) is 5.75 Å². The minimum atomic E-state index is 0. The van der Waals surface area contributed by atoms with Crippen LogP contribution < -0.4 is 15.0 Å². The molecule has 0 radical (unpaired) electrons. The standard InChI is InChI=1S/C16H20BrN3O.ClH/c1-3-21-12-4-5-14-13(10-12)16(15(17)11(2)19-14)20-8-6-18-7-9-20;/h4-5,10,18H,3,6-9H2,1-2H3;1H. The Bertz CT molecular complexity index is 659. The second-order valence-corrected chi connectivity index (χ2v) is 6.00. The highest BCUT2D eigenvalue weighted by molar-refractivity contribution is 9.10. The van der Waals surface area contributed by atoms with Crippen molar-refractivity contribution in [2.75, 3.05) is 37.7 Å². The number of benzene rings is 1. The Labute approximate surface area is 145 Å². The molecule has 6 heteroatoms. The Kier molecular flexibility index (Phi) is 5.89. The SMILES string of the molecule is CCOc1ccc2nc(C)c(Br)c(N3CCNCC3)c2c1.Cl. The summed E-state index contributed by atoms with van der Waals surface area (Å²) in [5.74, 6) is 0.902. The molecule has 0 spiro atoms. The summed E-state index contributed by atoms with van der Waals surface area (Å²) in [5.41, 5.74) is 3.29. The monoisotopic (exact) mass is 385 g/mol. The van der Waals surface area contributed by atoms with Crippen LogP contribution in [0.3, 0.4) is 0 Å². The van der Waals surface area contributed by atoms with Gasteiger partial charge in [0.25, 0.3) is 0 Å². The van der Waals surface area contributed by atoms with Crippen molar-refractivity contribution >= 4 is 44.9 Å². The Morgan fingerprint density at radius 2 is 2.05 bits per heavy atom. The highest BCUT2D eigenvalue weighted by Gasteiger charge is 2.19. The first-order valence-electron chi connectivity index (χ1n) is 7.39. The van der Waals surface area contributed by atoms with Gasteiger partial charge in [-0.3, -0.25) is 4.98 Å². The van der Waals surface area contributed by atoms with Gasteiger partial charge in [-0.25, -0.2) is 0 Å². The lowest BCUT2D eigenvalue weighted by Gasteiger charge is -2.31. The smallest absolute Gasteiger partial charge is 0.120 e. The molecule has 1 aromatic carbocycles. The number of anilines is 1. The molecule has 1 aliphatic rings. The van der Waals surface area contributed by atoms with Gasteiger partial charge in [-0.2, -0.15) is 0 Å². The second kappa shape index (κ2) is 7.49. The Balaban J connectivity index is 0.00000176. The van der Waals surface area contributed by atoms with E-state index >= 15 is 0 Å². The van der Waals surface area contributed by atoms with Crippen molar-refractivity contribution in [2.45, 2.75) is 13.8 Å². The van der Waals surface area contributed by atoms with Gasteiger partial charge in [0.2, 0.25) is 0 Å². The molecule has 1 aromatic heterocycles. The predicted molar refractivity (Wildman–Crippen MR) is 97.7 cm³/mol. The van der Waals surface area contributed by atoms with Crippen molar-refractivity contribution in [1.29, 1.82) is 0 Å². The average Bonchev–Trinajstić information content (AvgIpc) is 2.50. The predicted octanol–water partition coefficient (Wildman–Crippen LogP) is 3.54. The van der Waals surface area contributed by atoms with E-state index < -0.39 is 0 Å². The van der Waals surface area contributed by atoms with Gasteiger partial charge in [0, 0.05) is 31.6 Å². The molecule has 0 saturated carbocycles. The van der Waals surface area contributed by atoms with Crippen LogP contribution in [0.5, 0.6) is 5.75 Å². The van der Waals surface area contributed by atoms with Crippen LogP contribution >= 0.6 is 28.3 Å². The minimum absolute atomic E-state index is 0. The number of hydrogen-bond acceptors (Lipinski definition) is 4. The number of nitrogens with one attached hydrogen (secondary N) is 1. The molecule has 120 valence electrons. The van der Waals surface area contributed by atoms with Gasteiger partial charge in [-0.1, -0.05) is 0 Å². The largest absolute Gasteiger partial charge is 0.494 e. The number of nitrogens with zero attached hydrogens (tertiary/aromatic N) is 2. The minimum Gasteiger partial charge on any atom is -0.494 e. The van der Waals surface area contributed by atoms with E-state index in [4.69, 9.17) is 4.74 Å². The van der Waals surface area contributed by atoms with Crippen LogP contribution in [0.25, 0.3) is 10.9 Å². The van der Waals surface area contributed by atoms with Gasteiger partial charge >= 0.3 is 0 Å². The summed E-state index contributed by atoms with van der Waals surface area (Å²) in [6.45, 7) is 8.78. The summed E-state index contributed by atoms with van der Waals surface area (Å²) in [5, 5.41) is 4.55. The van der Waals surface area contributed by atoms with E-state index in [1.807, 2.05) is 26.0 Å². The van der Waals surface area contributed by atoms with Gasteiger partial charge in [0.05, 0.1) is 28.0 Å². The number of rotatable bonds is 3. The van der Waals surface area contributed by atoms with Crippen LogP contribution in [-0.2, 0) is 0 Å². The molecule has 0 aliphatic carbocycles. The summed E-state index contributed by atoms with van der Waals surface area (Å²) in [6, 6.07) is 6.15. The lowest BCUT2D eigenvalue weighted by molar-refractivity contribution is 0.340. The van der Waals surface area contributed by atoms with Gasteiger partial charge < -0.3 is 15.0 Å². The third-order valence-electron chi connectivity index (χ3n) is 3.78. The molecule has 1 N–H and O–H groups in total. The second-order valence-electron chi connectivity index (χ2n) is 5.21. The van der Waals surface area contributed by atoms with Crippen LogP contribution in [0.15, 0.2) is 22.7 Å². The maximum Gasteiger partial charge on any atom is 0.120 e. The van der Waals surface area contributed by atoms with Gasteiger partial charge in [-0.05, 0) is 48.0 Å². The number of aromatic nitrogens is 1.